The number of anilines is 1. The highest BCUT2D eigenvalue weighted by Crippen LogP contribution is 2.27. The van der Waals surface area contributed by atoms with Gasteiger partial charge in [0.25, 0.3) is 0 Å². The SMILES string of the molecule is COc1ccc(N2CCN(C(=O)C3CCN(Cc4nc5ccccc5n4-c4cccc(Br)c4)CC3)CC2)cc1. The number of carbonyl (C=O) groups excluding carboxylic acids is 1. The molecule has 0 unspecified atom stereocenters. The molecule has 3 aromatic carbocycles. The molecule has 39 heavy (non-hydrogen) atoms. The molecule has 3 heterocycles. The number of likely N-dealkylation sites (tertiary alicyclic amines) is 1. The number of piperazine rings is 1. The standard InChI is InChI=1S/C31H34BrN5O2/c1-39-27-11-9-25(10-12-27)35-17-19-36(20-18-35)31(38)23-13-15-34(16-14-23)22-30-33-28-7-2-3-8-29(28)37(30)26-6-4-5-24(32)21-26/h2-12,21,23H,13-20,22H2,1H3. The summed E-state index contributed by atoms with van der Waals surface area (Å²) in [6, 6.07) is 24.9. The number of imidazole rings is 1. The van der Waals surface area contributed by atoms with Gasteiger partial charge in [-0.1, -0.05) is 34.1 Å². The van der Waals surface area contributed by atoms with Gasteiger partial charge in [0.05, 0.1) is 24.7 Å². The lowest BCUT2D eigenvalue weighted by Gasteiger charge is -2.39. The lowest BCUT2D eigenvalue weighted by Crippen LogP contribution is -2.51. The fourth-order valence-corrected chi connectivity index (χ4v) is 6.25. The molecule has 2 fully saturated rings. The summed E-state index contributed by atoms with van der Waals surface area (Å²) < 4.78 is 8.59. The molecule has 1 aromatic heterocycles. The number of hydrogen-bond donors (Lipinski definition) is 0. The van der Waals surface area contributed by atoms with Crippen molar-refractivity contribution in [3.63, 3.8) is 0 Å². The topological polar surface area (TPSA) is 53.8 Å². The van der Waals surface area contributed by atoms with Crippen molar-refractivity contribution in [3.05, 3.63) is 83.1 Å². The van der Waals surface area contributed by atoms with Crippen LogP contribution in [-0.4, -0.2) is 71.6 Å². The normalized spacial score (nSPS) is 17.1. The molecule has 0 saturated carbocycles. The molecule has 0 spiro atoms. The molecule has 6 rings (SSSR count). The van der Waals surface area contributed by atoms with Crippen LogP contribution in [0, 0.1) is 5.92 Å². The molecule has 0 radical (unpaired) electrons. The summed E-state index contributed by atoms with van der Waals surface area (Å²) in [5.74, 6) is 2.33. The number of fused-ring (bicyclic) bond motifs is 1. The smallest absolute Gasteiger partial charge is 0.225 e. The van der Waals surface area contributed by atoms with Crippen LogP contribution in [0.1, 0.15) is 18.7 Å². The van der Waals surface area contributed by atoms with E-state index in [1.54, 1.807) is 7.11 Å². The number of hydrogen-bond acceptors (Lipinski definition) is 5. The predicted octanol–water partition coefficient (Wildman–Crippen LogP) is 5.36. The second kappa shape index (κ2) is 11.4. The van der Waals surface area contributed by atoms with Crippen molar-refractivity contribution in [2.75, 3.05) is 51.3 Å². The largest absolute Gasteiger partial charge is 0.497 e. The van der Waals surface area contributed by atoms with Gasteiger partial charge in [-0.25, -0.2) is 4.98 Å². The van der Waals surface area contributed by atoms with Gasteiger partial charge in [-0.3, -0.25) is 14.3 Å². The quantitative estimate of drug-likeness (QED) is 0.304. The van der Waals surface area contributed by atoms with Crippen LogP contribution in [0.3, 0.4) is 0 Å². The Bertz CT molecular complexity index is 1440. The molecule has 2 aliphatic rings. The van der Waals surface area contributed by atoms with Gasteiger partial charge >= 0.3 is 0 Å². The maximum absolute atomic E-state index is 13.4. The first-order chi connectivity index (χ1) is 19.1. The minimum absolute atomic E-state index is 0.109. The van der Waals surface area contributed by atoms with Gasteiger partial charge in [0.2, 0.25) is 5.91 Å². The number of benzene rings is 3. The van der Waals surface area contributed by atoms with Crippen molar-refractivity contribution < 1.29 is 9.53 Å². The molecule has 0 aliphatic carbocycles. The first-order valence-electron chi connectivity index (χ1n) is 13.7. The van der Waals surface area contributed by atoms with E-state index in [0.717, 1.165) is 91.4 Å². The second-order valence-electron chi connectivity index (χ2n) is 10.4. The van der Waals surface area contributed by atoms with E-state index in [0.29, 0.717) is 5.91 Å². The minimum Gasteiger partial charge on any atom is -0.497 e. The van der Waals surface area contributed by atoms with Crippen molar-refractivity contribution in [2.24, 2.45) is 5.92 Å². The molecule has 2 aliphatic heterocycles. The number of halogens is 1. The number of methoxy groups -OCH3 is 1. The van der Waals surface area contributed by atoms with E-state index in [1.807, 2.05) is 24.3 Å². The van der Waals surface area contributed by atoms with E-state index in [9.17, 15) is 4.79 Å². The average Bonchev–Trinajstić information content (AvgIpc) is 3.35. The van der Waals surface area contributed by atoms with Gasteiger partial charge in [0.15, 0.2) is 0 Å². The molecule has 2 saturated heterocycles. The maximum Gasteiger partial charge on any atom is 0.225 e. The Morgan fingerprint density at radius 3 is 2.36 bits per heavy atom. The van der Waals surface area contributed by atoms with Gasteiger partial charge in [0, 0.05) is 47.9 Å². The number of nitrogens with zero attached hydrogens (tertiary/aromatic N) is 5. The van der Waals surface area contributed by atoms with E-state index in [1.165, 1.54) is 5.69 Å². The van der Waals surface area contributed by atoms with Gasteiger partial charge in [-0.2, -0.15) is 0 Å². The lowest BCUT2D eigenvalue weighted by molar-refractivity contribution is -0.137. The number of rotatable bonds is 6. The summed E-state index contributed by atoms with van der Waals surface area (Å²) in [6.45, 7) is 5.87. The van der Waals surface area contributed by atoms with E-state index < -0.39 is 0 Å². The van der Waals surface area contributed by atoms with Crippen LogP contribution in [-0.2, 0) is 11.3 Å². The second-order valence-corrected chi connectivity index (χ2v) is 11.3. The highest BCUT2D eigenvalue weighted by molar-refractivity contribution is 9.10. The molecule has 0 bridgehead atoms. The number of ether oxygens (including phenoxy) is 1. The zero-order valence-corrected chi connectivity index (χ0v) is 23.9. The zero-order chi connectivity index (χ0) is 26.8. The fraction of sp³-hybridized carbons (Fsp3) is 0.355. The molecule has 0 N–H and O–H groups in total. The number of para-hydroxylation sites is 2. The Kier molecular flexibility index (Phi) is 7.57. The van der Waals surface area contributed by atoms with Crippen molar-refractivity contribution in [2.45, 2.75) is 19.4 Å². The van der Waals surface area contributed by atoms with Gasteiger partial charge in [0.1, 0.15) is 11.6 Å². The molecule has 202 valence electrons. The Hall–Kier alpha value is -3.36. The summed E-state index contributed by atoms with van der Waals surface area (Å²) in [7, 11) is 1.68. The van der Waals surface area contributed by atoms with E-state index >= 15 is 0 Å². The summed E-state index contributed by atoms with van der Waals surface area (Å²) >= 11 is 3.62. The molecular weight excluding hydrogens is 554 g/mol. The molecule has 8 heteroatoms. The Morgan fingerprint density at radius 2 is 1.64 bits per heavy atom. The Balaban J connectivity index is 1.07. The van der Waals surface area contributed by atoms with Crippen molar-refractivity contribution in [3.8, 4) is 11.4 Å². The lowest BCUT2D eigenvalue weighted by atomic mass is 9.95. The van der Waals surface area contributed by atoms with Crippen molar-refractivity contribution >= 4 is 38.6 Å². The minimum atomic E-state index is 0.109. The van der Waals surface area contributed by atoms with Crippen LogP contribution >= 0.6 is 15.9 Å². The number of aromatic nitrogens is 2. The van der Waals surface area contributed by atoms with E-state index in [4.69, 9.17) is 9.72 Å². The molecule has 7 nitrogen and oxygen atoms in total. The third kappa shape index (κ3) is 5.54. The molecular formula is C31H34BrN5O2. The van der Waals surface area contributed by atoms with E-state index in [2.05, 4.69) is 83.7 Å². The van der Waals surface area contributed by atoms with Gasteiger partial charge in [-0.15, -0.1) is 0 Å². The third-order valence-corrected chi connectivity index (χ3v) is 8.52. The Labute approximate surface area is 238 Å². The van der Waals surface area contributed by atoms with Crippen LogP contribution in [0.5, 0.6) is 5.75 Å². The van der Waals surface area contributed by atoms with Crippen LogP contribution in [0.25, 0.3) is 16.7 Å². The number of carbonyl (C=O) groups is 1. The summed E-state index contributed by atoms with van der Waals surface area (Å²) in [4.78, 5) is 25.3. The first kappa shape index (κ1) is 25.9. The van der Waals surface area contributed by atoms with Crippen molar-refractivity contribution in [1.82, 2.24) is 19.4 Å². The highest BCUT2D eigenvalue weighted by atomic mass is 79.9. The zero-order valence-electron chi connectivity index (χ0n) is 22.3. The molecule has 4 aromatic rings. The Morgan fingerprint density at radius 1 is 0.897 bits per heavy atom. The van der Waals surface area contributed by atoms with Gasteiger partial charge < -0.3 is 14.5 Å². The fourth-order valence-electron chi connectivity index (χ4n) is 5.86. The third-order valence-electron chi connectivity index (χ3n) is 8.03. The highest BCUT2D eigenvalue weighted by Gasteiger charge is 2.31. The predicted molar refractivity (Wildman–Crippen MR) is 159 cm³/mol. The summed E-state index contributed by atoms with van der Waals surface area (Å²) in [5, 5.41) is 0. The van der Waals surface area contributed by atoms with Crippen LogP contribution in [0.15, 0.2) is 77.3 Å². The average molecular weight is 589 g/mol. The van der Waals surface area contributed by atoms with E-state index in [-0.39, 0.29) is 5.92 Å². The summed E-state index contributed by atoms with van der Waals surface area (Å²) in [6.07, 6.45) is 1.79. The monoisotopic (exact) mass is 587 g/mol. The van der Waals surface area contributed by atoms with Crippen LogP contribution in [0.4, 0.5) is 5.69 Å². The molecule has 0 atom stereocenters. The number of amides is 1. The van der Waals surface area contributed by atoms with Crippen LogP contribution < -0.4 is 9.64 Å². The summed E-state index contributed by atoms with van der Waals surface area (Å²) in [5.41, 5.74) is 4.41. The van der Waals surface area contributed by atoms with Crippen molar-refractivity contribution in [1.29, 1.82) is 0 Å². The number of piperidine rings is 1. The maximum atomic E-state index is 13.4. The van der Waals surface area contributed by atoms with Crippen LogP contribution in [0.2, 0.25) is 0 Å². The molecule has 1 amide bonds. The first-order valence-corrected chi connectivity index (χ1v) is 14.5. The van der Waals surface area contributed by atoms with Gasteiger partial charge in [-0.05, 0) is 80.5 Å².